The molecule has 0 aromatic heterocycles. The molecule has 0 saturated carbocycles. The highest BCUT2D eigenvalue weighted by Gasteiger charge is 2.13. The fourth-order valence-corrected chi connectivity index (χ4v) is 2.13. The second-order valence-electron chi connectivity index (χ2n) is 4.83. The molecule has 0 bridgehead atoms. The van der Waals surface area contributed by atoms with Crippen molar-refractivity contribution in [2.75, 3.05) is 6.61 Å². The Morgan fingerprint density at radius 2 is 1.86 bits per heavy atom. The molecule has 2 aromatic rings. The van der Waals surface area contributed by atoms with Crippen LogP contribution in [0.2, 0.25) is 5.02 Å². The van der Waals surface area contributed by atoms with Crippen LogP contribution in [0.25, 0.3) is 0 Å². The summed E-state index contributed by atoms with van der Waals surface area (Å²) in [5.41, 5.74) is 2.76. The molecule has 0 N–H and O–H groups in total. The van der Waals surface area contributed by atoms with Crippen molar-refractivity contribution in [3.8, 4) is 0 Å². The summed E-state index contributed by atoms with van der Waals surface area (Å²) in [4.78, 5) is 24.0. The van der Waals surface area contributed by atoms with Crippen molar-refractivity contribution in [3.63, 3.8) is 0 Å². The summed E-state index contributed by atoms with van der Waals surface area (Å²) in [6.45, 7) is 3.48. The Labute approximate surface area is 128 Å². The lowest BCUT2D eigenvalue weighted by molar-refractivity contribution is 0.0474. The summed E-state index contributed by atoms with van der Waals surface area (Å²) in [6, 6.07) is 12.0. The summed E-state index contributed by atoms with van der Waals surface area (Å²) < 4.78 is 5.05. The number of benzene rings is 2. The maximum absolute atomic E-state index is 12.1. The predicted octanol–water partition coefficient (Wildman–Crippen LogP) is 4.00. The minimum atomic E-state index is -0.559. The molecule has 3 nitrogen and oxygen atoms in total. The van der Waals surface area contributed by atoms with E-state index in [1.165, 1.54) is 6.07 Å². The van der Waals surface area contributed by atoms with Gasteiger partial charge in [-0.25, -0.2) is 4.79 Å². The third kappa shape index (κ3) is 3.92. The monoisotopic (exact) mass is 302 g/mol. The van der Waals surface area contributed by atoms with Gasteiger partial charge in [0.2, 0.25) is 5.78 Å². The highest BCUT2D eigenvalue weighted by molar-refractivity contribution is 6.30. The average molecular weight is 303 g/mol. The van der Waals surface area contributed by atoms with Crippen LogP contribution in [0.3, 0.4) is 0 Å². The molecule has 0 aliphatic carbocycles. The molecule has 21 heavy (non-hydrogen) atoms. The van der Waals surface area contributed by atoms with Crippen LogP contribution in [0, 0.1) is 13.8 Å². The molecule has 0 radical (unpaired) electrons. The van der Waals surface area contributed by atoms with E-state index in [4.69, 9.17) is 16.3 Å². The number of hydrogen-bond acceptors (Lipinski definition) is 3. The highest BCUT2D eigenvalue weighted by atomic mass is 35.5. The highest BCUT2D eigenvalue weighted by Crippen LogP contribution is 2.14. The van der Waals surface area contributed by atoms with Gasteiger partial charge in [0.1, 0.15) is 0 Å². The summed E-state index contributed by atoms with van der Waals surface area (Å²) in [5, 5.41) is 0.449. The van der Waals surface area contributed by atoms with Crippen molar-refractivity contribution in [1.82, 2.24) is 0 Å². The Hall–Kier alpha value is -2.13. The van der Waals surface area contributed by atoms with E-state index < -0.39 is 5.97 Å². The van der Waals surface area contributed by atoms with Gasteiger partial charge in [0.05, 0.1) is 5.56 Å². The maximum Gasteiger partial charge on any atom is 0.338 e. The number of esters is 1. The third-order valence-electron chi connectivity index (χ3n) is 3.09. The number of carbonyl (C=O) groups is 2. The largest absolute Gasteiger partial charge is 0.454 e. The first-order chi connectivity index (χ1) is 9.97. The van der Waals surface area contributed by atoms with E-state index >= 15 is 0 Å². The zero-order valence-electron chi connectivity index (χ0n) is 11.9. The van der Waals surface area contributed by atoms with Crippen LogP contribution < -0.4 is 0 Å². The first-order valence-electron chi connectivity index (χ1n) is 6.50. The van der Waals surface area contributed by atoms with Gasteiger partial charge in [-0.1, -0.05) is 35.4 Å². The van der Waals surface area contributed by atoms with Crippen molar-refractivity contribution in [2.45, 2.75) is 13.8 Å². The van der Waals surface area contributed by atoms with Crippen LogP contribution in [0.5, 0.6) is 0 Å². The number of rotatable bonds is 4. The molecule has 0 unspecified atom stereocenters. The van der Waals surface area contributed by atoms with Gasteiger partial charge < -0.3 is 4.74 Å². The van der Waals surface area contributed by atoms with Crippen molar-refractivity contribution in [2.24, 2.45) is 0 Å². The van der Waals surface area contributed by atoms with Gasteiger partial charge in [-0.2, -0.15) is 0 Å². The lowest BCUT2D eigenvalue weighted by Crippen LogP contribution is -2.15. The Morgan fingerprint density at radius 1 is 1.10 bits per heavy atom. The number of halogens is 1. The van der Waals surface area contributed by atoms with Crippen molar-refractivity contribution in [3.05, 3.63) is 69.7 Å². The van der Waals surface area contributed by atoms with E-state index in [1.54, 1.807) is 24.3 Å². The Kier molecular flexibility index (Phi) is 4.76. The number of ketones is 1. The summed E-state index contributed by atoms with van der Waals surface area (Å²) >= 11 is 5.81. The number of hydrogen-bond donors (Lipinski definition) is 0. The van der Waals surface area contributed by atoms with E-state index in [0.717, 1.165) is 11.1 Å². The topological polar surface area (TPSA) is 43.4 Å². The molecular weight excluding hydrogens is 288 g/mol. The van der Waals surface area contributed by atoms with E-state index in [-0.39, 0.29) is 12.4 Å². The molecule has 0 aliphatic rings. The molecule has 0 heterocycles. The number of Topliss-reactive ketones (excluding diaryl/α,β-unsaturated/α-hetero) is 1. The van der Waals surface area contributed by atoms with Crippen LogP contribution in [-0.2, 0) is 4.74 Å². The smallest absolute Gasteiger partial charge is 0.338 e. The van der Waals surface area contributed by atoms with Gasteiger partial charge in [0, 0.05) is 10.6 Å². The average Bonchev–Trinajstić information content (AvgIpc) is 2.47. The van der Waals surface area contributed by atoms with Gasteiger partial charge in [0.25, 0.3) is 0 Å². The van der Waals surface area contributed by atoms with Gasteiger partial charge in [0.15, 0.2) is 6.61 Å². The van der Waals surface area contributed by atoms with Crippen molar-refractivity contribution >= 4 is 23.4 Å². The minimum absolute atomic E-state index is 0.216. The molecule has 0 fully saturated rings. The van der Waals surface area contributed by atoms with Crippen LogP contribution in [0.1, 0.15) is 31.8 Å². The lowest BCUT2D eigenvalue weighted by Gasteiger charge is -2.07. The first kappa shape index (κ1) is 15.3. The zero-order chi connectivity index (χ0) is 15.4. The molecule has 2 rings (SSSR count). The molecule has 0 aliphatic heterocycles. The van der Waals surface area contributed by atoms with Crippen molar-refractivity contribution in [1.29, 1.82) is 0 Å². The lowest BCUT2D eigenvalue weighted by atomic mass is 10.0. The normalized spacial score (nSPS) is 10.2. The van der Waals surface area contributed by atoms with Crippen LogP contribution in [0.15, 0.2) is 42.5 Å². The van der Waals surface area contributed by atoms with Crippen molar-refractivity contribution < 1.29 is 14.3 Å². The molecule has 0 amide bonds. The molecule has 0 spiro atoms. The van der Waals surface area contributed by atoms with E-state index in [1.807, 2.05) is 26.0 Å². The quantitative estimate of drug-likeness (QED) is 0.633. The number of aryl methyl sites for hydroxylation is 2. The van der Waals surface area contributed by atoms with E-state index in [2.05, 4.69) is 0 Å². The van der Waals surface area contributed by atoms with E-state index in [9.17, 15) is 9.59 Å². The molecule has 0 atom stereocenters. The Bertz CT molecular complexity index is 692. The fourth-order valence-electron chi connectivity index (χ4n) is 1.94. The maximum atomic E-state index is 12.1. The SMILES string of the molecule is Cc1ccc(C)c(C(=O)COC(=O)c2cccc(Cl)c2)c1. The molecule has 2 aromatic carbocycles. The number of carbonyl (C=O) groups excluding carboxylic acids is 2. The van der Waals surface area contributed by atoms with Gasteiger partial charge in [-0.3, -0.25) is 4.79 Å². The summed E-state index contributed by atoms with van der Waals surface area (Å²) in [7, 11) is 0. The molecule has 108 valence electrons. The molecule has 0 saturated heterocycles. The Morgan fingerprint density at radius 3 is 2.57 bits per heavy atom. The standard InChI is InChI=1S/C17H15ClO3/c1-11-6-7-12(2)15(8-11)16(19)10-21-17(20)13-4-3-5-14(18)9-13/h3-9H,10H2,1-2H3. The third-order valence-corrected chi connectivity index (χ3v) is 3.32. The zero-order valence-corrected chi connectivity index (χ0v) is 12.6. The summed E-state index contributed by atoms with van der Waals surface area (Å²) in [5.74, 6) is -0.775. The van der Waals surface area contributed by atoms with Gasteiger partial charge in [-0.05, 0) is 43.7 Å². The minimum Gasteiger partial charge on any atom is -0.454 e. The van der Waals surface area contributed by atoms with Crippen LogP contribution in [0.4, 0.5) is 0 Å². The first-order valence-corrected chi connectivity index (χ1v) is 6.88. The van der Waals surface area contributed by atoms with Crippen LogP contribution in [-0.4, -0.2) is 18.4 Å². The summed E-state index contributed by atoms with van der Waals surface area (Å²) in [6.07, 6.45) is 0. The number of ether oxygens (including phenoxy) is 1. The van der Waals surface area contributed by atoms with Gasteiger partial charge in [-0.15, -0.1) is 0 Å². The van der Waals surface area contributed by atoms with E-state index in [0.29, 0.717) is 16.1 Å². The van der Waals surface area contributed by atoms with Crippen LogP contribution >= 0.6 is 11.6 Å². The predicted molar refractivity (Wildman–Crippen MR) is 82.0 cm³/mol. The van der Waals surface area contributed by atoms with Gasteiger partial charge >= 0.3 is 5.97 Å². The second-order valence-corrected chi connectivity index (χ2v) is 5.26. The fraction of sp³-hybridized carbons (Fsp3) is 0.176. The molecular formula is C17H15ClO3. The Balaban J connectivity index is 2.04. The second kappa shape index (κ2) is 6.55. The molecule has 4 heteroatoms.